The quantitative estimate of drug-likeness (QED) is 0.421. The number of fused-ring (bicyclic) bond motifs is 1. The molecular formula is C30H32FN5. The molecule has 1 aromatic heterocycles. The van der Waals surface area contributed by atoms with Gasteiger partial charge in [-0.15, -0.1) is 0 Å². The molecule has 5 nitrogen and oxygen atoms in total. The lowest BCUT2D eigenvalue weighted by Crippen LogP contribution is -2.06. The zero-order chi connectivity index (χ0) is 24.7. The summed E-state index contributed by atoms with van der Waals surface area (Å²) in [4.78, 5) is 9.53. The SMILES string of the molecule is N#Cc1ccc(-c2nc3c(n2-c2ccc(C4CCCCC4)cc2)N/C=C\CCCCCN=C3)cc1F. The molecule has 1 aliphatic carbocycles. The van der Waals surface area contributed by atoms with Gasteiger partial charge >= 0.3 is 0 Å². The number of nitrogens with one attached hydrogen (secondary N) is 1. The molecule has 36 heavy (non-hydrogen) atoms. The topological polar surface area (TPSA) is 66.0 Å². The predicted octanol–water partition coefficient (Wildman–Crippen LogP) is 7.52. The third-order valence-corrected chi connectivity index (χ3v) is 7.19. The van der Waals surface area contributed by atoms with Crippen molar-refractivity contribution in [2.45, 2.75) is 63.7 Å². The fourth-order valence-corrected chi connectivity index (χ4v) is 5.20. The van der Waals surface area contributed by atoms with Crippen molar-refractivity contribution >= 4 is 12.0 Å². The molecule has 6 heteroatoms. The number of hydrogen-bond donors (Lipinski definition) is 1. The van der Waals surface area contributed by atoms with Gasteiger partial charge in [-0.05, 0) is 80.1 Å². The second kappa shape index (κ2) is 11.3. The fraction of sp³-hybridized carbons (Fsp3) is 0.367. The van der Waals surface area contributed by atoms with Gasteiger partial charge in [0, 0.05) is 17.8 Å². The Labute approximate surface area is 212 Å². The second-order valence-electron chi connectivity index (χ2n) is 9.67. The first-order valence-corrected chi connectivity index (χ1v) is 13.1. The van der Waals surface area contributed by atoms with Crippen LogP contribution in [0.25, 0.3) is 17.1 Å². The van der Waals surface area contributed by atoms with Crippen molar-refractivity contribution in [3.05, 3.63) is 77.4 Å². The highest BCUT2D eigenvalue weighted by molar-refractivity contribution is 5.87. The molecule has 1 aliphatic heterocycles. The highest BCUT2D eigenvalue weighted by atomic mass is 19.1. The number of anilines is 1. The van der Waals surface area contributed by atoms with Crippen LogP contribution in [0.2, 0.25) is 0 Å². The lowest BCUT2D eigenvalue weighted by Gasteiger charge is -2.22. The van der Waals surface area contributed by atoms with Gasteiger partial charge in [-0.1, -0.05) is 43.9 Å². The Morgan fingerprint density at radius 3 is 2.56 bits per heavy atom. The van der Waals surface area contributed by atoms with Crippen molar-refractivity contribution < 1.29 is 4.39 Å². The van der Waals surface area contributed by atoms with Gasteiger partial charge in [0.25, 0.3) is 0 Å². The molecule has 2 aliphatic rings. The van der Waals surface area contributed by atoms with E-state index in [0.29, 0.717) is 23.0 Å². The maximum atomic E-state index is 14.6. The average molecular weight is 482 g/mol. The molecule has 0 saturated heterocycles. The predicted molar refractivity (Wildman–Crippen MR) is 143 cm³/mol. The van der Waals surface area contributed by atoms with E-state index in [1.807, 2.05) is 23.1 Å². The maximum Gasteiger partial charge on any atom is 0.147 e. The van der Waals surface area contributed by atoms with E-state index in [1.54, 1.807) is 6.07 Å². The molecule has 1 N–H and O–H groups in total. The van der Waals surface area contributed by atoms with Crippen LogP contribution >= 0.6 is 0 Å². The molecular weight excluding hydrogens is 449 g/mol. The Morgan fingerprint density at radius 1 is 0.972 bits per heavy atom. The van der Waals surface area contributed by atoms with Crippen molar-refractivity contribution in [2.75, 3.05) is 11.9 Å². The largest absolute Gasteiger partial charge is 0.346 e. The van der Waals surface area contributed by atoms with E-state index in [4.69, 9.17) is 4.98 Å². The first-order chi connectivity index (χ1) is 17.7. The molecule has 1 fully saturated rings. The number of benzene rings is 2. The van der Waals surface area contributed by atoms with E-state index in [9.17, 15) is 9.65 Å². The Kier molecular flexibility index (Phi) is 7.56. The number of halogens is 1. The molecule has 0 unspecified atom stereocenters. The molecule has 184 valence electrons. The summed E-state index contributed by atoms with van der Waals surface area (Å²) in [6.45, 7) is 0.757. The Bertz CT molecular complexity index is 1290. The zero-order valence-electron chi connectivity index (χ0n) is 20.6. The van der Waals surface area contributed by atoms with Crippen molar-refractivity contribution in [3.63, 3.8) is 0 Å². The molecule has 2 aromatic carbocycles. The molecule has 0 atom stereocenters. The van der Waals surface area contributed by atoms with Gasteiger partial charge in [-0.25, -0.2) is 9.37 Å². The summed E-state index contributed by atoms with van der Waals surface area (Å²) in [5.74, 6) is 1.47. The van der Waals surface area contributed by atoms with E-state index in [-0.39, 0.29) is 5.56 Å². The van der Waals surface area contributed by atoms with Gasteiger partial charge in [-0.2, -0.15) is 5.26 Å². The van der Waals surface area contributed by atoms with Crippen LogP contribution in [0.3, 0.4) is 0 Å². The summed E-state index contributed by atoms with van der Waals surface area (Å²) in [6.07, 6.45) is 16.7. The highest BCUT2D eigenvalue weighted by Gasteiger charge is 2.21. The van der Waals surface area contributed by atoms with E-state index in [1.165, 1.54) is 49.8 Å². The highest BCUT2D eigenvalue weighted by Crippen LogP contribution is 2.35. The van der Waals surface area contributed by atoms with Gasteiger partial charge in [0.05, 0.1) is 11.8 Å². The summed E-state index contributed by atoms with van der Waals surface area (Å²) in [5.41, 5.74) is 3.66. The zero-order valence-corrected chi connectivity index (χ0v) is 20.6. The number of rotatable bonds is 3. The minimum absolute atomic E-state index is 0.0233. The van der Waals surface area contributed by atoms with Crippen LogP contribution in [0.15, 0.2) is 59.7 Å². The van der Waals surface area contributed by atoms with Crippen LogP contribution in [0.4, 0.5) is 10.2 Å². The smallest absolute Gasteiger partial charge is 0.147 e. The van der Waals surface area contributed by atoms with E-state index in [2.05, 4.69) is 40.7 Å². The minimum Gasteiger partial charge on any atom is -0.346 e. The molecule has 3 aromatic rings. The number of imidazole rings is 1. The number of aliphatic imine (C=N–C) groups is 1. The fourth-order valence-electron chi connectivity index (χ4n) is 5.20. The van der Waals surface area contributed by atoms with E-state index >= 15 is 0 Å². The van der Waals surface area contributed by atoms with Crippen LogP contribution in [0, 0.1) is 17.1 Å². The van der Waals surface area contributed by atoms with Crippen LogP contribution in [-0.4, -0.2) is 22.3 Å². The third kappa shape index (κ3) is 5.26. The second-order valence-corrected chi connectivity index (χ2v) is 9.67. The molecule has 2 heterocycles. The van der Waals surface area contributed by atoms with Crippen molar-refractivity contribution in [2.24, 2.45) is 4.99 Å². The third-order valence-electron chi connectivity index (χ3n) is 7.19. The summed E-state index contributed by atoms with van der Waals surface area (Å²) in [5, 5.41) is 12.6. The Hall–Kier alpha value is -3.72. The van der Waals surface area contributed by atoms with Gasteiger partial charge in [0.2, 0.25) is 0 Å². The molecule has 5 rings (SSSR count). The van der Waals surface area contributed by atoms with Crippen LogP contribution < -0.4 is 5.32 Å². The summed E-state index contributed by atoms with van der Waals surface area (Å²) < 4.78 is 16.7. The first kappa shape index (κ1) is 24.0. The van der Waals surface area contributed by atoms with Crippen molar-refractivity contribution in [1.29, 1.82) is 5.26 Å². The van der Waals surface area contributed by atoms with Gasteiger partial charge < -0.3 is 5.32 Å². The van der Waals surface area contributed by atoms with E-state index in [0.717, 1.165) is 43.7 Å². The number of hydrogen-bond acceptors (Lipinski definition) is 4. The Balaban J connectivity index is 1.62. The van der Waals surface area contributed by atoms with Gasteiger partial charge in [0.15, 0.2) is 0 Å². The number of nitriles is 1. The van der Waals surface area contributed by atoms with Gasteiger partial charge in [0.1, 0.15) is 29.2 Å². The lowest BCUT2D eigenvalue weighted by molar-refractivity contribution is 0.443. The number of nitrogens with zero attached hydrogens (tertiary/aromatic N) is 4. The molecule has 0 radical (unpaired) electrons. The number of aromatic nitrogens is 2. The van der Waals surface area contributed by atoms with Crippen LogP contribution in [0.1, 0.15) is 80.5 Å². The standard InChI is InChI=1S/C30H32FN5/c31-27-19-24(11-12-25(27)20-32)29-35-28-21-33-17-7-2-1-3-8-18-34-30(28)36(29)26-15-13-23(14-16-26)22-9-5-4-6-10-22/h8,11-16,18-19,21-22,34H,1-7,9-10,17H2/b18-8-,33-21?. The van der Waals surface area contributed by atoms with E-state index < -0.39 is 5.82 Å². The van der Waals surface area contributed by atoms with Crippen LogP contribution in [0.5, 0.6) is 0 Å². The molecule has 0 spiro atoms. The van der Waals surface area contributed by atoms with Crippen molar-refractivity contribution in [1.82, 2.24) is 9.55 Å². The normalized spacial score (nSPS) is 17.8. The molecule has 1 saturated carbocycles. The average Bonchev–Trinajstić information content (AvgIpc) is 3.27. The summed E-state index contributed by atoms with van der Waals surface area (Å²) in [7, 11) is 0. The molecule has 0 amide bonds. The lowest BCUT2D eigenvalue weighted by atomic mass is 9.84. The number of allylic oxidation sites excluding steroid dienone is 1. The van der Waals surface area contributed by atoms with Gasteiger partial charge in [-0.3, -0.25) is 9.56 Å². The summed E-state index contributed by atoms with van der Waals surface area (Å²) in [6, 6.07) is 15.3. The molecule has 0 bridgehead atoms. The first-order valence-electron chi connectivity index (χ1n) is 13.1. The van der Waals surface area contributed by atoms with Crippen LogP contribution in [-0.2, 0) is 0 Å². The monoisotopic (exact) mass is 481 g/mol. The van der Waals surface area contributed by atoms with Crippen molar-refractivity contribution in [3.8, 4) is 23.1 Å². The summed E-state index contributed by atoms with van der Waals surface area (Å²) >= 11 is 0. The minimum atomic E-state index is -0.548. The maximum absolute atomic E-state index is 14.6. The Morgan fingerprint density at radius 2 is 1.78 bits per heavy atom.